The zero-order valence-electron chi connectivity index (χ0n) is 20.4. The molecular formula is C27H30ClN5O3. The Labute approximate surface area is 216 Å². The third kappa shape index (κ3) is 4.52. The average molecular weight is 508 g/mol. The van der Waals surface area contributed by atoms with Crippen molar-refractivity contribution in [2.45, 2.75) is 24.8 Å². The summed E-state index contributed by atoms with van der Waals surface area (Å²) in [5.41, 5.74) is 5.01. The molecule has 2 aromatic carbocycles. The van der Waals surface area contributed by atoms with Gasteiger partial charge in [-0.25, -0.2) is 0 Å². The van der Waals surface area contributed by atoms with Gasteiger partial charge in [0.05, 0.1) is 18.5 Å². The predicted molar refractivity (Wildman–Crippen MR) is 141 cm³/mol. The lowest BCUT2D eigenvalue weighted by molar-refractivity contribution is 0.000892. The Morgan fingerprint density at radius 3 is 2.50 bits per heavy atom. The van der Waals surface area contributed by atoms with Gasteiger partial charge in [0.1, 0.15) is 17.0 Å². The van der Waals surface area contributed by atoms with Crippen molar-refractivity contribution in [3.8, 4) is 33.9 Å². The lowest BCUT2D eigenvalue weighted by Crippen LogP contribution is -2.52. The number of aromatic hydroxyl groups is 1. The van der Waals surface area contributed by atoms with Crippen LogP contribution in [0.1, 0.15) is 24.5 Å². The number of methoxy groups -OCH3 is 1. The minimum atomic E-state index is 0. The second-order valence-corrected chi connectivity index (χ2v) is 9.49. The maximum absolute atomic E-state index is 10.8. The molecule has 4 aromatic rings. The van der Waals surface area contributed by atoms with Gasteiger partial charge in [0.25, 0.3) is 0 Å². The molecule has 2 aliphatic heterocycles. The number of likely N-dealkylation sites (tertiary alicyclic amines) is 1. The van der Waals surface area contributed by atoms with E-state index in [1.165, 1.54) is 0 Å². The summed E-state index contributed by atoms with van der Waals surface area (Å²) in [7, 11) is 3.53. The van der Waals surface area contributed by atoms with Crippen molar-refractivity contribution >= 4 is 23.3 Å². The topological polar surface area (TPSA) is 85.5 Å². The number of fused-ring (bicyclic) bond motifs is 1. The highest BCUT2D eigenvalue weighted by Crippen LogP contribution is 2.37. The van der Waals surface area contributed by atoms with Gasteiger partial charge in [0.2, 0.25) is 0 Å². The molecule has 0 saturated carbocycles. The summed E-state index contributed by atoms with van der Waals surface area (Å²) in [6, 6.07) is 14.3. The van der Waals surface area contributed by atoms with Gasteiger partial charge in [-0.1, -0.05) is 6.07 Å². The fraction of sp³-hybridized carbons (Fsp3) is 0.370. The molecule has 188 valence electrons. The van der Waals surface area contributed by atoms with E-state index in [-0.39, 0.29) is 18.2 Å². The van der Waals surface area contributed by atoms with Gasteiger partial charge in [-0.05, 0) is 60.4 Å². The molecule has 2 saturated heterocycles. The summed E-state index contributed by atoms with van der Waals surface area (Å²) in [5, 5.41) is 25.2. The van der Waals surface area contributed by atoms with E-state index in [2.05, 4.69) is 26.3 Å². The van der Waals surface area contributed by atoms with Gasteiger partial charge >= 0.3 is 0 Å². The van der Waals surface area contributed by atoms with Crippen LogP contribution >= 0.6 is 12.4 Å². The number of benzene rings is 2. The van der Waals surface area contributed by atoms with Crippen LogP contribution in [-0.4, -0.2) is 69.4 Å². The van der Waals surface area contributed by atoms with Crippen LogP contribution in [0.3, 0.4) is 0 Å². The molecule has 9 heteroatoms. The number of phenols is 1. The first-order valence-electron chi connectivity index (χ1n) is 12.1. The number of aryl methyl sites for hydroxylation is 1. The highest BCUT2D eigenvalue weighted by atomic mass is 35.5. The van der Waals surface area contributed by atoms with Gasteiger partial charge in [-0.3, -0.25) is 9.58 Å². The summed E-state index contributed by atoms with van der Waals surface area (Å²) in [6.45, 7) is 3.80. The highest BCUT2D eigenvalue weighted by Gasteiger charge is 2.34. The van der Waals surface area contributed by atoms with E-state index in [1.54, 1.807) is 17.9 Å². The van der Waals surface area contributed by atoms with E-state index in [0.29, 0.717) is 29.0 Å². The van der Waals surface area contributed by atoms with E-state index in [9.17, 15) is 5.11 Å². The van der Waals surface area contributed by atoms with Crippen LogP contribution in [0.2, 0.25) is 0 Å². The first-order valence-corrected chi connectivity index (χ1v) is 12.1. The standard InChI is InChI=1S/C27H29N5O3.ClH/c1-31-14-19-11-18(13-26(34-2)27(19)30-31)17-3-4-22(25(33)12-17)24-6-5-23(28-29-24)20-15-32(16-20)21-7-9-35-10-8-21;/h3-6,11-14,20-21,33H,7-10,15-16H2,1-2H3;1H. The minimum Gasteiger partial charge on any atom is -0.507 e. The predicted octanol–water partition coefficient (Wildman–Crippen LogP) is 4.41. The summed E-state index contributed by atoms with van der Waals surface area (Å²) < 4.78 is 12.8. The molecule has 6 rings (SSSR count). The molecule has 0 aliphatic carbocycles. The second-order valence-electron chi connectivity index (χ2n) is 9.49. The molecule has 1 N–H and O–H groups in total. The first-order chi connectivity index (χ1) is 17.1. The summed E-state index contributed by atoms with van der Waals surface area (Å²) in [4.78, 5) is 2.53. The van der Waals surface area contributed by atoms with Crippen molar-refractivity contribution in [1.82, 2.24) is 24.9 Å². The number of halogens is 1. The largest absolute Gasteiger partial charge is 0.507 e. The van der Waals surface area contributed by atoms with E-state index in [4.69, 9.17) is 9.47 Å². The Balaban J connectivity index is 0.00000267. The number of rotatable bonds is 5. The Morgan fingerprint density at radius 2 is 1.81 bits per heavy atom. The van der Waals surface area contributed by atoms with Crippen molar-refractivity contribution in [1.29, 1.82) is 0 Å². The molecule has 2 aliphatic rings. The van der Waals surface area contributed by atoms with E-state index in [0.717, 1.165) is 66.9 Å². The van der Waals surface area contributed by atoms with Crippen LogP contribution in [0.25, 0.3) is 33.3 Å². The molecule has 2 aromatic heterocycles. The van der Waals surface area contributed by atoms with Crippen LogP contribution in [0, 0.1) is 0 Å². The Morgan fingerprint density at radius 1 is 1.00 bits per heavy atom. The normalized spacial score (nSPS) is 17.1. The Bertz CT molecular complexity index is 1360. The van der Waals surface area contributed by atoms with Crippen molar-refractivity contribution < 1.29 is 14.6 Å². The third-order valence-corrected chi connectivity index (χ3v) is 7.24. The SMILES string of the molecule is COc1cc(-c2ccc(-c3ccc(C4CN(C5CCOCC5)C4)nn3)c(O)c2)cc2cn(C)nc12.Cl. The number of ether oxygens (including phenoxy) is 2. The zero-order valence-corrected chi connectivity index (χ0v) is 21.2. The average Bonchev–Trinajstić information content (AvgIpc) is 3.24. The van der Waals surface area contributed by atoms with Crippen molar-refractivity contribution in [3.05, 3.63) is 54.4 Å². The van der Waals surface area contributed by atoms with Crippen molar-refractivity contribution in [2.75, 3.05) is 33.4 Å². The number of hydrogen-bond acceptors (Lipinski definition) is 7. The van der Waals surface area contributed by atoms with Crippen LogP contribution in [0.4, 0.5) is 0 Å². The third-order valence-electron chi connectivity index (χ3n) is 7.24. The lowest BCUT2D eigenvalue weighted by atomic mass is 9.91. The molecule has 0 atom stereocenters. The summed E-state index contributed by atoms with van der Waals surface area (Å²) in [5.74, 6) is 1.30. The number of phenolic OH excluding ortho intramolecular Hbond substituents is 1. The van der Waals surface area contributed by atoms with Gasteiger partial charge in [-0.2, -0.15) is 15.3 Å². The molecule has 0 spiro atoms. The summed E-state index contributed by atoms with van der Waals surface area (Å²) in [6.07, 6.45) is 4.20. The molecule has 0 amide bonds. The zero-order chi connectivity index (χ0) is 23.9. The quantitative estimate of drug-likeness (QED) is 0.428. The van der Waals surface area contributed by atoms with Gasteiger partial charge in [0.15, 0.2) is 0 Å². The lowest BCUT2D eigenvalue weighted by Gasteiger charge is -2.45. The Hall–Kier alpha value is -3.20. The Kier molecular flexibility index (Phi) is 6.83. The van der Waals surface area contributed by atoms with Crippen LogP contribution in [-0.2, 0) is 11.8 Å². The first kappa shape index (κ1) is 24.5. The monoisotopic (exact) mass is 507 g/mol. The maximum atomic E-state index is 10.8. The summed E-state index contributed by atoms with van der Waals surface area (Å²) >= 11 is 0. The van der Waals surface area contributed by atoms with Gasteiger partial charge < -0.3 is 14.6 Å². The molecule has 4 heterocycles. The maximum Gasteiger partial charge on any atom is 0.147 e. The van der Waals surface area contributed by atoms with Crippen LogP contribution < -0.4 is 4.74 Å². The molecular weight excluding hydrogens is 478 g/mol. The molecule has 0 radical (unpaired) electrons. The van der Waals surface area contributed by atoms with Crippen molar-refractivity contribution in [2.24, 2.45) is 7.05 Å². The number of hydrogen-bond donors (Lipinski definition) is 1. The van der Waals surface area contributed by atoms with Crippen LogP contribution in [0.5, 0.6) is 11.5 Å². The number of nitrogens with zero attached hydrogens (tertiary/aromatic N) is 5. The number of aromatic nitrogens is 4. The van der Waals surface area contributed by atoms with Gasteiger partial charge in [-0.15, -0.1) is 12.4 Å². The van der Waals surface area contributed by atoms with Crippen LogP contribution in [0.15, 0.2) is 48.7 Å². The van der Waals surface area contributed by atoms with Gasteiger partial charge in [0, 0.05) is 62.5 Å². The molecule has 0 bridgehead atoms. The fourth-order valence-corrected chi connectivity index (χ4v) is 5.22. The van der Waals surface area contributed by atoms with E-state index in [1.807, 2.05) is 43.6 Å². The molecule has 8 nitrogen and oxygen atoms in total. The smallest absolute Gasteiger partial charge is 0.147 e. The second kappa shape index (κ2) is 10.0. The minimum absolute atomic E-state index is 0. The molecule has 2 fully saturated rings. The van der Waals surface area contributed by atoms with Crippen molar-refractivity contribution in [3.63, 3.8) is 0 Å². The van der Waals surface area contributed by atoms with E-state index >= 15 is 0 Å². The fourth-order valence-electron chi connectivity index (χ4n) is 5.22. The van der Waals surface area contributed by atoms with E-state index < -0.39 is 0 Å². The molecule has 36 heavy (non-hydrogen) atoms. The highest BCUT2D eigenvalue weighted by molar-refractivity contribution is 5.90. The molecule has 0 unspecified atom stereocenters.